The van der Waals surface area contributed by atoms with Gasteiger partial charge in [0, 0.05) is 5.56 Å². The fourth-order valence-corrected chi connectivity index (χ4v) is 2.46. The zero-order chi connectivity index (χ0) is 14.4. The van der Waals surface area contributed by atoms with Crippen molar-refractivity contribution in [2.45, 2.75) is 20.8 Å². The van der Waals surface area contributed by atoms with Crippen LogP contribution in [0, 0.1) is 26.6 Å². The molecule has 0 aliphatic rings. The number of aryl methyl sites for hydroxylation is 3. The Bertz CT molecular complexity index is 802. The van der Waals surface area contributed by atoms with Crippen molar-refractivity contribution >= 4 is 5.78 Å². The molecule has 6 heteroatoms. The van der Waals surface area contributed by atoms with E-state index in [0.717, 1.165) is 11.1 Å². The molecule has 1 aromatic carbocycles. The van der Waals surface area contributed by atoms with E-state index in [1.54, 1.807) is 13.8 Å². The first-order valence-corrected chi connectivity index (χ1v) is 6.15. The molecule has 0 aliphatic carbocycles. The summed E-state index contributed by atoms with van der Waals surface area (Å²) < 4.78 is 15.5. The molecular formula is C14H13FN4O. The van der Waals surface area contributed by atoms with E-state index >= 15 is 0 Å². The average Bonchev–Trinajstić information content (AvgIpc) is 2.80. The molecule has 0 aliphatic heterocycles. The van der Waals surface area contributed by atoms with Crippen LogP contribution in [0.5, 0.6) is 5.88 Å². The molecule has 0 fully saturated rings. The smallest absolute Gasteiger partial charge is 0.255 e. The number of hydrogen-bond donors (Lipinski definition) is 1. The van der Waals surface area contributed by atoms with Gasteiger partial charge in [-0.2, -0.15) is 14.6 Å². The van der Waals surface area contributed by atoms with Crippen LogP contribution in [0.3, 0.4) is 0 Å². The summed E-state index contributed by atoms with van der Waals surface area (Å²) >= 11 is 0. The minimum absolute atomic E-state index is 0.157. The zero-order valence-corrected chi connectivity index (χ0v) is 11.3. The van der Waals surface area contributed by atoms with E-state index in [4.69, 9.17) is 0 Å². The maximum absolute atomic E-state index is 14.3. The molecule has 3 aromatic rings. The van der Waals surface area contributed by atoms with Crippen molar-refractivity contribution < 1.29 is 9.50 Å². The van der Waals surface area contributed by atoms with E-state index in [9.17, 15) is 9.50 Å². The van der Waals surface area contributed by atoms with Crippen LogP contribution in [0.1, 0.15) is 16.8 Å². The monoisotopic (exact) mass is 272 g/mol. The van der Waals surface area contributed by atoms with E-state index in [1.807, 2.05) is 13.0 Å². The van der Waals surface area contributed by atoms with E-state index in [1.165, 1.54) is 16.9 Å². The lowest BCUT2D eigenvalue weighted by atomic mass is 9.97. The van der Waals surface area contributed by atoms with Gasteiger partial charge in [-0.1, -0.05) is 6.07 Å². The highest BCUT2D eigenvalue weighted by Crippen LogP contribution is 2.35. The first kappa shape index (κ1) is 12.5. The summed E-state index contributed by atoms with van der Waals surface area (Å²) in [7, 11) is 0. The number of aromatic hydroxyl groups is 1. The topological polar surface area (TPSA) is 63.3 Å². The van der Waals surface area contributed by atoms with Gasteiger partial charge in [0.25, 0.3) is 5.78 Å². The van der Waals surface area contributed by atoms with Crippen molar-refractivity contribution in [3.05, 3.63) is 41.1 Å². The SMILES string of the molecule is Cc1cc(C)c(-c2c(C)nc3ncnn3c2O)c(F)c1. The van der Waals surface area contributed by atoms with Gasteiger partial charge in [0.1, 0.15) is 12.1 Å². The third kappa shape index (κ3) is 1.72. The highest BCUT2D eigenvalue weighted by molar-refractivity contribution is 5.75. The lowest BCUT2D eigenvalue weighted by Crippen LogP contribution is -2.01. The Morgan fingerprint density at radius 3 is 2.60 bits per heavy atom. The standard InChI is InChI=1S/C14H13FN4O/c1-7-4-8(2)11(10(15)5-7)12-9(3)18-14-16-6-17-19(14)13(12)20/h4-6,20H,1-3H3. The van der Waals surface area contributed by atoms with Crippen LogP contribution in [0.4, 0.5) is 4.39 Å². The lowest BCUT2D eigenvalue weighted by molar-refractivity contribution is 0.436. The first-order valence-electron chi connectivity index (χ1n) is 6.15. The summed E-state index contributed by atoms with van der Waals surface area (Å²) in [6.07, 6.45) is 1.30. The summed E-state index contributed by atoms with van der Waals surface area (Å²) in [5, 5.41) is 14.2. The van der Waals surface area contributed by atoms with Crippen LogP contribution in [0.25, 0.3) is 16.9 Å². The Labute approximate surface area is 114 Å². The molecule has 2 aromatic heterocycles. The normalized spacial score (nSPS) is 11.2. The number of aromatic nitrogens is 4. The predicted octanol–water partition coefficient (Wildman–Crippen LogP) is 2.56. The number of fused-ring (bicyclic) bond motifs is 1. The summed E-state index contributed by atoms with van der Waals surface area (Å²) in [6.45, 7) is 5.34. The van der Waals surface area contributed by atoms with Gasteiger partial charge in [-0.25, -0.2) is 9.37 Å². The Hall–Kier alpha value is -2.50. The second-order valence-electron chi connectivity index (χ2n) is 4.81. The van der Waals surface area contributed by atoms with Gasteiger partial charge in [0.15, 0.2) is 0 Å². The third-order valence-electron chi connectivity index (χ3n) is 3.27. The van der Waals surface area contributed by atoms with E-state index < -0.39 is 0 Å². The highest BCUT2D eigenvalue weighted by Gasteiger charge is 2.20. The van der Waals surface area contributed by atoms with E-state index in [-0.39, 0.29) is 17.5 Å². The van der Waals surface area contributed by atoms with Crippen LogP contribution in [0.15, 0.2) is 18.5 Å². The quantitative estimate of drug-likeness (QED) is 0.739. The van der Waals surface area contributed by atoms with Crippen molar-refractivity contribution in [1.29, 1.82) is 0 Å². The summed E-state index contributed by atoms with van der Waals surface area (Å²) in [5.41, 5.74) is 2.76. The van der Waals surface area contributed by atoms with Gasteiger partial charge < -0.3 is 5.11 Å². The number of benzene rings is 1. The molecule has 0 saturated heterocycles. The molecule has 0 spiro atoms. The maximum atomic E-state index is 14.3. The van der Waals surface area contributed by atoms with Crippen molar-refractivity contribution in [2.75, 3.05) is 0 Å². The fraction of sp³-hybridized carbons (Fsp3) is 0.214. The maximum Gasteiger partial charge on any atom is 0.255 e. The molecule has 0 radical (unpaired) electrons. The van der Waals surface area contributed by atoms with Crippen molar-refractivity contribution in [2.24, 2.45) is 0 Å². The number of rotatable bonds is 1. The van der Waals surface area contributed by atoms with Crippen LogP contribution < -0.4 is 0 Å². The largest absolute Gasteiger partial charge is 0.493 e. The zero-order valence-electron chi connectivity index (χ0n) is 11.3. The molecule has 1 N–H and O–H groups in total. The van der Waals surface area contributed by atoms with Gasteiger partial charge in [-0.3, -0.25) is 0 Å². The molecule has 3 rings (SSSR count). The number of halogens is 1. The lowest BCUT2D eigenvalue weighted by Gasteiger charge is -2.13. The van der Waals surface area contributed by atoms with Gasteiger partial charge >= 0.3 is 0 Å². The summed E-state index contributed by atoms with van der Waals surface area (Å²) in [4.78, 5) is 8.16. The molecule has 20 heavy (non-hydrogen) atoms. The average molecular weight is 272 g/mol. The molecule has 0 bridgehead atoms. The van der Waals surface area contributed by atoms with Gasteiger partial charge in [0.2, 0.25) is 5.88 Å². The Kier molecular flexibility index (Phi) is 2.67. The van der Waals surface area contributed by atoms with Crippen molar-refractivity contribution in [3.8, 4) is 17.0 Å². The summed E-state index contributed by atoms with van der Waals surface area (Å²) in [6, 6.07) is 3.30. The molecule has 5 nitrogen and oxygen atoms in total. The minimum Gasteiger partial charge on any atom is -0.493 e. The molecule has 0 unspecified atom stereocenters. The molecular weight excluding hydrogens is 259 g/mol. The van der Waals surface area contributed by atoms with Crippen LogP contribution in [-0.4, -0.2) is 24.7 Å². The van der Waals surface area contributed by atoms with E-state index in [2.05, 4.69) is 15.1 Å². The second-order valence-corrected chi connectivity index (χ2v) is 4.81. The highest BCUT2D eigenvalue weighted by atomic mass is 19.1. The number of nitrogens with zero attached hydrogens (tertiary/aromatic N) is 4. The Balaban J connectivity index is 2.40. The fourth-order valence-electron chi connectivity index (χ4n) is 2.46. The second kappa shape index (κ2) is 4.26. The number of hydrogen-bond acceptors (Lipinski definition) is 4. The summed E-state index contributed by atoms with van der Waals surface area (Å²) in [5.74, 6) is -0.257. The van der Waals surface area contributed by atoms with E-state index in [0.29, 0.717) is 16.8 Å². The van der Waals surface area contributed by atoms with Gasteiger partial charge in [0.05, 0.1) is 11.3 Å². The Morgan fingerprint density at radius 1 is 1.15 bits per heavy atom. The minimum atomic E-state index is -0.387. The van der Waals surface area contributed by atoms with Gasteiger partial charge in [-0.05, 0) is 38.0 Å². The van der Waals surface area contributed by atoms with Crippen molar-refractivity contribution in [3.63, 3.8) is 0 Å². The van der Waals surface area contributed by atoms with Crippen LogP contribution in [0.2, 0.25) is 0 Å². The first-order chi connectivity index (χ1) is 9.49. The Morgan fingerprint density at radius 2 is 1.90 bits per heavy atom. The molecule has 102 valence electrons. The molecule has 0 atom stereocenters. The van der Waals surface area contributed by atoms with Crippen LogP contribution >= 0.6 is 0 Å². The third-order valence-corrected chi connectivity index (χ3v) is 3.27. The molecule has 2 heterocycles. The molecule has 0 amide bonds. The van der Waals surface area contributed by atoms with Crippen molar-refractivity contribution in [1.82, 2.24) is 19.6 Å². The van der Waals surface area contributed by atoms with Crippen LogP contribution in [-0.2, 0) is 0 Å². The molecule has 0 saturated carbocycles. The predicted molar refractivity (Wildman–Crippen MR) is 72.1 cm³/mol. The van der Waals surface area contributed by atoms with Gasteiger partial charge in [-0.15, -0.1) is 0 Å².